The second-order valence-electron chi connectivity index (χ2n) is 7.19. The minimum Gasteiger partial charge on any atom is -0.478 e. The molecule has 0 fully saturated rings. The number of aryl methyl sites for hydroxylation is 1. The zero-order chi connectivity index (χ0) is 20.7. The van der Waals surface area contributed by atoms with E-state index in [1.165, 1.54) is 5.56 Å². The van der Waals surface area contributed by atoms with Crippen LogP contribution in [0.15, 0.2) is 67.2 Å². The van der Waals surface area contributed by atoms with Crippen LogP contribution in [0.4, 0.5) is 5.69 Å². The van der Waals surface area contributed by atoms with Crippen molar-refractivity contribution in [2.24, 2.45) is 0 Å². The highest BCUT2D eigenvalue weighted by Gasteiger charge is 2.27. The fourth-order valence-electron chi connectivity index (χ4n) is 3.74. The SMILES string of the molecule is C=C1c2ccc(-c3ccc(C(=O)O)cc3)cc2C(=O)N(C)c2ccc(CC)cc21. The molecule has 4 heteroatoms. The van der Waals surface area contributed by atoms with Crippen LogP contribution in [0.25, 0.3) is 16.7 Å². The lowest BCUT2D eigenvalue weighted by molar-refractivity contribution is 0.0696. The van der Waals surface area contributed by atoms with Crippen LogP contribution in [-0.2, 0) is 6.42 Å². The summed E-state index contributed by atoms with van der Waals surface area (Å²) in [7, 11) is 1.78. The van der Waals surface area contributed by atoms with Crippen molar-refractivity contribution < 1.29 is 14.7 Å². The molecular formula is C25H21NO3. The van der Waals surface area contributed by atoms with Crippen molar-refractivity contribution in [3.8, 4) is 11.1 Å². The summed E-state index contributed by atoms with van der Waals surface area (Å²) in [5.74, 6) is -1.05. The number of nitrogens with zero attached hydrogens (tertiary/aromatic N) is 1. The molecule has 0 bridgehead atoms. The fraction of sp³-hybridized carbons (Fsp3) is 0.120. The summed E-state index contributed by atoms with van der Waals surface area (Å²) >= 11 is 0. The van der Waals surface area contributed by atoms with Crippen LogP contribution >= 0.6 is 0 Å². The molecule has 4 rings (SSSR count). The van der Waals surface area contributed by atoms with E-state index in [1.54, 1.807) is 36.2 Å². The van der Waals surface area contributed by atoms with Gasteiger partial charge in [0.2, 0.25) is 0 Å². The van der Waals surface area contributed by atoms with E-state index in [9.17, 15) is 9.59 Å². The maximum atomic E-state index is 13.2. The number of benzene rings is 3. The first-order valence-electron chi connectivity index (χ1n) is 9.49. The molecule has 4 nitrogen and oxygen atoms in total. The molecule has 0 saturated carbocycles. The standard InChI is InChI=1S/C25H21NO3/c1-4-16-5-12-23-21(13-16)15(2)20-11-10-19(14-22(20)24(27)26(23)3)17-6-8-18(9-7-17)25(28)29/h5-14H,2,4H2,1,3H3,(H,28,29). The minimum absolute atomic E-state index is 0.0897. The Morgan fingerprint density at radius 3 is 2.28 bits per heavy atom. The molecule has 144 valence electrons. The van der Waals surface area contributed by atoms with Gasteiger partial charge in [-0.2, -0.15) is 0 Å². The Kier molecular flexibility index (Phi) is 4.55. The molecule has 1 aliphatic rings. The number of carboxylic acid groups (broad SMARTS) is 1. The van der Waals surface area contributed by atoms with Crippen molar-refractivity contribution >= 4 is 23.1 Å². The van der Waals surface area contributed by atoms with Crippen molar-refractivity contribution in [1.82, 2.24) is 0 Å². The number of carbonyl (C=O) groups excluding carboxylic acids is 1. The molecular weight excluding hydrogens is 362 g/mol. The lowest BCUT2D eigenvalue weighted by Crippen LogP contribution is -2.26. The highest BCUT2D eigenvalue weighted by atomic mass is 16.4. The van der Waals surface area contributed by atoms with Gasteiger partial charge in [-0.3, -0.25) is 4.79 Å². The Morgan fingerprint density at radius 2 is 1.62 bits per heavy atom. The highest BCUT2D eigenvalue weighted by Crippen LogP contribution is 2.38. The van der Waals surface area contributed by atoms with E-state index in [4.69, 9.17) is 5.11 Å². The first kappa shape index (κ1) is 18.7. The molecule has 1 aliphatic heterocycles. The molecule has 0 aromatic heterocycles. The van der Waals surface area contributed by atoms with Gasteiger partial charge >= 0.3 is 5.97 Å². The van der Waals surface area contributed by atoms with Crippen LogP contribution in [0.1, 0.15) is 44.3 Å². The van der Waals surface area contributed by atoms with Crippen molar-refractivity contribution in [2.75, 3.05) is 11.9 Å². The van der Waals surface area contributed by atoms with E-state index in [-0.39, 0.29) is 11.5 Å². The van der Waals surface area contributed by atoms with E-state index >= 15 is 0 Å². The van der Waals surface area contributed by atoms with Crippen molar-refractivity contribution in [1.29, 1.82) is 0 Å². The number of hydrogen-bond acceptors (Lipinski definition) is 2. The summed E-state index contributed by atoms with van der Waals surface area (Å²) in [4.78, 5) is 26.0. The van der Waals surface area contributed by atoms with E-state index < -0.39 is 5.97 Å². The van der Waals surface area contributed by atoms with Crippen LogP contribution in [0.3, 0.4) is 0 Å². The molecule has 3 aromatic rings. The largest absolute Gasteiger partial charge is 0.478 e. The van der Waals surface area contributed by atoms with Gasteiger partial charge in [-0.1, -0.05) is 43.8 Å². The Bertz CT molecular complexity index is 1160. The summed E-state index contributed by atoms with van der Waals surface area (Å²) in [6.07, 6.45) is 0.913. The topological polar surface area (TPSA) is 57.6 Å². The number of carbonyl (C=O) groups is 2. The van der Waals surface area contributed by atoms with Gasteiger partial charge in [0, 0.05) is 18.2 Å². The number of amides is 1. The highest BCUT2D eigenvalue weighted by molar-refractivity contribution is 6.14. The zero-order valence-electron chi connectivity index (χ0n) is 16.4. The van der Waals surface area contributed by atoms with Crippen LogP contribution < -0.4 is 4.90 Å². The molecule has 29 heavy (non-hydrogen) atoms. The van der Waals surface area contributed by atoms with Crippen molar-refractivity contribution in [3.05, 3.63) is 95.1 Å². The third-order valence-electron chi connectivity index (χ3n) is 5.50. The second-order valence-corrected chi connectivity index (χ2v) is 7.19. The Labute approximate surface area is 169 Å². The number of rotatable bonds is 3. The summed E-state index contributed by atoms with van der Waals surface area (Å²) in [5.41, 5.74) is 7.20. The third kappa shape index (κ3) is 3.13. The average molecular weight is 383 g/mol. The number of anilines is 1. The van der Waals surface area contributed by atoms with Gasteiger partial charge in [0.25, 0.3) is 5.91 Å². The minimum atomic E-state index is -0.962. The van der Waals surface area contributed by atoms with Crippen LogP contribution in [0.5, 0.6) is 0 Å². The molecule has 0 unspecified atom stereocenters. The summed E-state index contributed by atoms with van der Waals surface area (Å²) < 4.78 is 0. The Balaban J connectivity index is 1.83. The quantitative estimate of drug-likeness (QED) is 0.671. The summed E-state index contributed by atoms with van der Waals surface area (Å²) in [5, 5.41) is 9.09. The lowest BCUT2D eigenvalue weighted by Gasteiger charge is -2.18. The van der Waals surface area contributed by atoms with Crippen LogP contribution in [-0.4, -0.2) is 24.0 Å². The van der Waals surface area contributed by atoms with Gasteiger partial charge in [0.05, 0.1) is 11.3 Å². The second kappa shape index (κ2) is 7.06. The van der Waals surface area contributed by atoms with Gasteiger partial charge in [0.1, 0.15) is 0 Å². The van der Waals surface area contributed by atoms with Gasteiger partial charge in [-0.15, -0.1) is 0 Å². The number of carboxylic acids is 1. The zero-order valence-corrected chi connectivity index (χ0v) is 16.4. The Hall–Kier alpha value is -3.66. The molecule has 1 heterocycles. The molecule has 0 spiro atoms. The van der Waals surface area contributed by atoms with E-state index in [2.05, 4.69) is 19.6 Å². The predicted octanol–water partition coefficient (Wildman–Crippen LogP) is 5.27. The summed E-state index contributed by atoms with van der Waals surface area (Å²) in [6, 6.07) is 18.5. The predicted molar refractivity (Wildman–Crippen MR) is 116 cm³/mol. The maximum Gasteiger partial charge on any atom is 0.335 e. The smallest absolute Gasteiger partial charge is 0.335 e. The van der Waals surface area contributed by atoms with Gasteiger partial charge < -0.3 is 10.0 Å². The van der Waals surface area contributed by atoms with Crippen LogP contribution in [0, 0.1) is 0 Å². The van der Waals surface area contributed by atoms with Crippen LogP contribution in [0.2, 0.25) is 0 Å². The Morgan fingerprint density at radius 1 is 0.931 bits per heavy atom. The molecule has 0 radical (unpaired) electrons. The first-order valence-corrected chi connectivity index (χ1v) is 9.49. The molecule has 1 N–H and O–H groups in total. The van der Waals surface area contributed by atoms with E-state index in [1.807, 2.05) is 30.3 Å². The molecule has 0 atom stereocenters. The molecule has 3 aromatic carbocycles. The van der Waals surface area contributed by atoms with E-state index in [0.717, 1.165) is 39.9 Å². The van der Waals surface area contributed by atoms with Gasteiger partial charge in [-0.25, -0.2) is 4.79 Å². The first-order chi connectivity index (χ1) is 13.9. The molecule has 0 saturated heterocycles. The van der Waals surface area contributed by atoms with Gasteiger partial charge in [0.15, 0.2) is 0 Å². The fourth-order valence-corrected chi connectivity index (χ4v) is 3.74. The summed E-state index contributed by atoms with van der Waals surface area (Å²) in [6.45, 7) is 6.39. The average Bonchev–Trinajstić information content (AvgIpc) is 2.83. The number of hydrogen-bond donors (Lipinski definition) is 1. The van der Waals surface area contributed by atoms with Gasteiger partial charge in [-0.05, 0) is 64.6 Å². The van der Waals surface area contributed by atoms with Crippen molar-refractivity contribution in [2.45, 2.75) is 13.3 Å². The molecule has 1 amide bonds. The molecule has 0 aliphatic carbocycles. The third-order valence-corrected chi connectivity index (χ3v) is 5.50. The number of fused-ring (bicyclic) bond motifs is 2. The lowest BCUT2D eigenvalue weighted by atomic mass is 9.91. The van der Waals surface area contributed by atoms with E-state index in [0.29, 0.717) is 5.56 Å². The number of aromatic carboxylic acids is 1. The maximum absolute atomic E-state index is 13.2. The normalized spacial score (nSPS) is 13.0. The monoisotopic (exact) mass is 383 g/mol. The van der Waals surface area contributed by atoms with Crippen molar-refractivity contribution in [3.63, 3.8) is 0 Å².